The summed E-state index contributed by atoms with van der Waals surface area (Å²) >= 11 is 1.57. The maximum absolute atomic E-state index is 14.4. The molecular weight excluding hydrogens is 998 g/mol. The van der Waals surface area contributed by atoms with Crippen LogP contribution in [0.1, 0.15) is 106 Å². The van der Waals surface area contributed by atoms with Crippen LogP contribution in [0.5, 0.6) is 5.75 Å². The number of aliphatic hydroxyl groups excluding tert-OH is 1. The van der Waals surface area contributed by atoms with Crippen LogP contribution in [0.15, 0.2) is 72.2 Å². The van der Waals surface area contributed by atoms with Crippen LogP contribution >= 0.6 is 11.3 Å². The molecule has 1 aromatic heterocycles. The minimum absolute atomic E-state index is 0.00724. The number of rotatable bonds is 17. The molecule has 4 aromatic rings. The molecule has 1 aliphatic carbocycles. The average molecular weight is 1070 g/mol. The zero-order valence-electron chi connectivity index (χ0n) is 44.6. The van der Waals surface area contributed by atoms with Crippen molar-refractivity contribution in [2.24, 2.45) is 22.2 Å². The van der Waals surface area contributed by atoms with Crippen molar-refractivity contribution < 1.29 is 46.9 Å². The smallest absolute Gasteiger partial charge is 0.417 e. The van der Waals surface area contributed by atoms with Crippen molar-refractivity contribution in [3.05, 3.63) is 106 Å². The van der Waals surface area contributed by atoms with Gasteiger partial charge in [0.05, 0.1) is 65.2 Å². The summed E-state index contributed by atoms with van der Waals surface area (Å²) in [6.45, 7) is 20.0. The van der Waals surface area contributed by atoms with E-state index < -0.39 is 63.7 Å². The molecule has 4 fully saturated rings. The van der Waals surface area contributed by atoms with Gasteiger partial charge in [0, 0.05) is 67.5 Å². The third kappa shape index (κ3) is 12.4. The molecule has 3 aliphatic heterocycles. The number of carbonyl (C=O) groups excluding carboxylic acids is 4. The molecule has 0 radical (unpaired) electrons. The van der Waals surface area contributed by atoms with E-state index in [1.807, 2.05) is 97.3 Å². The van der Waals surface area contributed by atoms with E-state index in [9.17, 15) is 42.7 Å². The van der Waals surface area contributed by atoms with E-state index in [2.05, 4.69) is 30.7 Å². The van der Waals surface area contributed by atoms with Gasteiger partial charge >= 0.3 is 6.18 Å². The van der Waals surface area contributed by atoms with Gasteiger partial charge in [-0.25, -0.2) is 4.98 Å². The van der Waals surface area contributed by atoms with Crippen LogP contribution in [0.2, 0.25) is 0 Å². The zero-order valence-corrected chi connectivity index (χ0v) is 45.4. The fourth-order valence-electron chi connectivity index (χ4n) is 11.7. The SMILES string of the molecule is Cc1ncsc1-c1ccc([C@H](NC(=O)[C@@H]2C[C@@H](O)CN2C(=O)[C@@H](NC(=O)CN2CCN(CCCc3ccc(C(=O)NC4C(C)(C)C(Oc5ccc(C#N)c(C(F)(F)F)c5)C4(C)C)cc3)CC2)C(C)(C)C)C2COC2)cc1. The number of nitrogens with zero attached hydrogens (tertiary/aromatic N) is 5. The first kappa shape index (κ1) is 56.3. The molecule has 3 saturated heterocycles. The molecule has 408 valence electrons. The Morgan fingerprint density at radius 3 is 2.17 bits per heavy atom. The van der Waals surface area contributed by atoms with Crippen LogP contribution < -0.4 is 20.7 Å². The molecule has 0 unspecified atom stereocenters. The number of β-amino-alcohol motifs (C(OH)–C–C–N with tert-alkyl or cyclic N) is 1. The largest absolute Gasteiger partial charge is 0.489 e. The van der Waals surface area contributed by atoms with Crippen molar-refractivity contribution in [2.45, 2.75) is 117 Å². The third-order valence-corrected chi connectivity index (χ3v) is 16.7. The van der Waals surface area contributed by atoms with Gasteiger partial charge in [-0.2, -0.15) is 18.4 Å². The first-order valence-electron chi connectivity index (χ1n) is 26.1. The Morgan fingerprint density at radius 1 is 0.934 bits per heavy atom. The van der Waals surface area contributed by atoms with Crippen molar-refractivity contribution in [3.63, 3.8) is 0 Å². The highest BCUT2D eigenvalue weighted by atomic mass is 32.1. The van der Waals surface area contributed by atoms with Gasteiger partial charge in [-0.3, -0.25) is 24.1 Å². The van der Waals surface area contributed by atoms with Crippen LogP contribution in [-0.2, 0) is 31.7 Å². The predicted molar refractivity (Wildman–Crippen MR) is 282 cm³/mol. The van der Waals surface area contributed by atoms with Crippen molar-refractivity contribution in [1.29, 1.82) is 5.26 Å². The van der Waals surface area contributed by atoms with Gasteiger partial charge in [0.15, 0.2) is 0 Å². The second-order valence-corrected chi connectivity index (χ2v) is 24.1. The quantitative estimate of drug-likeness (QED) is 0.0840. The van der Waals surface area contributed by atoms with Crippen LogP contribution in [0, 0.1) is 40.4 Å². The molecule has 0 spiro atoms. The zero-order chi connectivity index (χ0) is 54.9. The molecule has 4 N–H and O–H groups in total. The van der Waals surface area contributed by atoms with Gasteiger partial charge < -0.3 is 40.3 Å². The molecule has 76 heavy (non-hydrogen) atoms. The summed E-state index contributed by atoms with van der Waals surface area (Å²) in [5.74, 6) is -1.26. The minimum Gasteiger partial charge on any atom is -0.489 e. The number of aliphatic hydroxyl groups is 1. The number of aryl methyl sites for hydroxylation is 2. The Kier molecular flexibility index (Phi) is 16.7. The molecular formula is C57H71F3N8O7S. The number of benzene rings is 3. The summed E-state index contributed by atoms with van der Waals surface area (Å²) in [4.78, 5) is 67.1. The van der Waals surface area contributed by atoms with Gasteiger partial charge in [0.25, 0.3) is 5.91 Å². The molecule has 19 heteroatoms. The molecule has 3 aromatic carbocycles. The van der Waals surface area contributed by atoms with E-state index in [1.54, 1.807) is 29.5 Å². The van der Waals surface area contributed by atoms with E-state index in [-0.39, 0.29) is 61.0 Å². The number of carbonyl (C=O) groups is 4. The van der Waals surface area contributed by atoms with Gasteiger partial charge in [0.2, 0.25) is 17.7 Å². The molecule has 0 bridgehead atoms. The van der Waals surface area contributed by atoms with Crippen LogP contribution in [-0.4, -0.2) is 138 Å². The number of likely N-dealkylation sites (tertiary alicyclic amines) is 1. The fourth-order valence-corrected chi connectivity index (χ4v) is 12.5. The topological polar surface area (TPSA) is 189 Å². The second kappa shape index (κ2) is 22.6. The molecule has 4 heterocycles. The van der Waals surface area contributed by atoms with Crippen molar-refractivity contribution in [2.75, 3.05) is 59.0 Å². The number of halogens is 3. The fraction of sp³-hybridized carbons (Fsp3) is 0.544. The lowest BCUT2D eigenvalue weighted by Gasteiger charge is -2.63. The number of ether oxygens (including phenoxy) is 2. The number of thiazole rings is 1. The second-order valence-electron chi connectivity index (χ2n) is 23.2. The number of hydrogen-bond donors (Lipinski definition) is 4. The molecule has 4 aliphatic rings. The van der Waals surface area contributed by atoms with Gasteiger partial charge in [-0.05, 0) is 78.7 Å². The first-order valence-corrected chi connectivity index (χ1v) is 27.0. The first-order chi connectivity index (χ1) is 35.8. The van der Waals surface area contributed by atoms with Crippen molar-refractivity contribution >= 4 is 35.0 Å². The molecule has 4 amide bonds. The summed E-state index contributed by atoms with van der Waals surface area (Å²) in [6.07, 6.45) is -4.36. The predicted octanol–water partition coefficient (Wildman–Crippen LogP) is 7.17. The van der Waals surface area contributed by atoms with E-state index in [4.69, 9.17) is 9.47 Å². The van der Waals surface area contributed by atoms with Crippen LogP contribution in [0.25, 0.3) is 10.4 Å². The standard InChI is InChI=1S/C57H71F3N8O7S/c1-34-47(76-33-62-34)37-17-15-36(16-18-37)46(40-31-74-32-40)64-50(72)44-26-41(69)29-68(44)51(73)48(54(2,3)4)63-45(70)30-67-24-22-66(23-25-67)21-9-10-35-11-13-38(14-12-35)49(71)65-52-55(5,6)53(56(52,7)8)75-42-20-19-39(28-61)43(27-42)57(58,59)60/h11-20,27,33,40-41,44,46,48,52-53,69H,9-10,21-26,29-32H2,1-8H3,(H,63,70)(H,64,72)(H,65,71)/t41-,44+,46+,48-,52?,53?/m1/s1. The van der Waals surface area contributed by atoms with Crippen molar-refractivity contribution in [3.8, 4) is 22.3 Å². The maximum atomic E-state index is 14.4. The Morgan fingerprint density at radius 2 is 1.59 bits per heavy atom. The Bertz CT molecular complexity index is 2760. The maximum Gasteiger partial charge on any atom is 0.417 e. The number of alkyl halides is 3. The molecule has 15 nitrogen and oxygen atoms in total. The van der Waals surface area contributed by atoms with Crippen LogP contribution in [0.3, 0.4) is 0 Å². The number of nitrogens with one attached hydrogen (secondary N) is 3. The Labute approximate surface area is 447 Å². The minimum atomic E-state index is -4.71. The van der Waals surface area contributed by atoms with Gasteiger partial charge in [-0.1, -0.05) is 84.9 Å². The number of amides is 4. The van der Waals surface area contributed by atoms with Crippen molar-refractivity contribution in [1.82, 2.24) is 35.6 Å². The number of hydrogen-bond acceptors (Lipinski definition) is 12. The summed E-state index contributed by atoms with van der Waals surface area (Å²) in [7, 11) is 0. The average Bonchev–Trinajstić information content (AvgIpc) is 3.98. The number of piperazine rings is 1. The number of nitriles is 1. The highest BCUT2D eigenvalue weighted by Crippen LogP contribution is 2.56. The van der Waals surface area contributed by atoms with Crippen LogP contribution in [0.4, 0.5) is 13.2 Å². The Hall–Kier alpha value is -5.91. The van der Waals surface area contributed by atoms with E-state index in [0.717, 1.165) is 71.9 Å². The molecule has 8 rings (SSSR count). The lowest BCUT2D eigenvalue weighted by Crippen LogP contribution is -2.74. The molecule has 1 saturated carbocycles. The summed E-state index contributed by atoms with van der Waals surface area (Å²) in [5, 5.41) is 29.4. The summed E-state index contributed by atoms with van der Waals surface area (Å²) < 4.78 is 52.6. The highest BCUT2D eigenvalue weighted by Gasteiger charge is 2.64. The van der Waals surface area contributed by atoms with E-state index in [1.165, 1.54) is 11.0 Å². The lowest BCUT2D eigenvalue weighted by atomic mass is 9.49. The van der Waals surface area contributed by atoms with E-state index in [0.29, 0.717) is 31.9 Å². The summed E-state index contributed by atoms with van der Waals surface area (Å²) in [6, 6.07) is 17.9. The normalized spacial score (nSPS) is 22.6. The van der Waals surface area contributed by atoms with Gasteiger partial charge in [-0.15, -0.1) is 11.3 Å². The third-order valence-electron chi connectivity index (χ3n) is 15.8. The number of aromatic nitrogens is 1. The monoisotopic (exact) mass is 1070 g/mol. The van der Waals surface area contributed by atoms with E-state index >= 15 is 0 Å². The summed E-state index contributed by atoms with van der Waals surface area (Å²) in [5.41, 5.74) is 2.84. The van der Waals surface area contributed by atoms with Gasteiger partial charge in [0.1, 0.15) is 23.9 Å². The Balaban J connectivity index is 0.777. The lowest BCUT2D eigenvalue weighted by molar-refractivity contribution is -0.164. The molecule has 4 atom stereocenters. The highest BCUT2D eigenvalue weighted by molar-refractivity contribution is 7.13.